The first-order chi connectivity index (χ1) is 22.3. The topological polar surface area (TPSA) is 140 Å². The Kier molecular flexibility index (Phi) is 7.20. The molecule has 0 aliphatic carbocycles. The average Bonchev–Trinajstić information content (AvgIpc) is 3.34. The summed E-state index contributed by atoms with van der Waals surface area (Å²) in [5.41, 5.74) is 7.94. The first-order valence-corrected chi connectivity index (χ1v) is 14.6. The fraction of sp³-hybridized carbons (Fsp3) is 0.393. The number of carbonyl (C=O) groups excluding carboxylic acids is 1. The summed E-state index contributed by atoms with van der Waals surface area (Å²) in [7, 11) is -4.58. The molecule has 4 rings (SSSR count). The highest BCUT2D eigenvalue weighted by Crippen LogP contribution is 2.46. The molecule has 0 saturated carbocycles. The lowest BCUT2D eigenvalue weighted by Gasteiger charge is -2.26. The van der Waals surface area contributed by atoms with E-state index in [1.54, 1.807) is 17.6 Å². The molecule has 3 N–H and O–H groups in total. The van der Waals surface area contributed by atoms with Crippen LogP contribution in [0, 0.1) is 0 Å². The van der Waals surface area contributed by atoms with Gasteiger partial charge in [-0.05, 0) is 64.8 Å². The molecule has 11 nitrogen and oxygen atoms in total. The number of carbonyl (C=O) groups is 1. The molecule has 0 fully saturated rings. The summed E-state index contributed by atoms with van der Waals surface area (Å²) in [6, 6.07) is 11.4. The first-order valence-electron chi connectivity index (χ1n) is 16.1. The van der Waals surface area contributed by atoms with E-state index in [-0.39, 0.29) is 24.7 Å². The molecule has 2 aromatic heterocycles. The van der Waals surface area contributed by atoms with E-state index >= 15 is 0 Å². The van der Waals surface area contributed by atoms with E-state index in [1.165, 1.54) is 24.3 Å². The zero-order chi connectivity index (χ0) is 35.7. The number of ether oxygens (including phenoxy) is 2. The van der Waals surface area contributed by atoms with Gasteiger partial charge < -0.3 is 24.3 Å². The minimum Gasteiger partial charge on any atom is -0.462 e. The van der Waals surface area contributed by atoms with Crippen LogP contribution < -0.4 is 15.3 Å². The van der Waals surface area contributed by atoms with Crippen LogP contribution in [0.1, 0.15) is 49.9 Å². The number of esters is 1. The number of halogens is 1. The Balaban J connectivity index is 1.69. The van der Waals surface area contributed by atoms with Crippen molar-refractivity contribution in [3.63, 3.8) is 0 Å². The van der Waals surface area contributed by atoms with Crippen LogP contribution >= 0.6 is 19.3 Å². The molecule has 2 heterocycles. The molecule has 0 amide bonds. The zero-order valence-corrected chi connectivity index (χ0v) is 24.2. The van der Waals surface area contributed by atoms with Gasteiger partial charge >= 0.3 is 13.7 Å². The summed E-state index contributed by atoms with van der Waals surface area (Å²) in [5.74, 6) is -0.800. The number of benzene rings is 2. The van der Waals surface area contributed by atoms with Crippen molar-refractivity contribution in [2.45, 2.75) is 65.9 Å². The number of hydrogen-bond acceptors (Lipinski definition) is 9. The molecular weight excluding hydrogens is 569 g/mol. The van der Waals surface area contributed by atoms with E-state index in [2.05, 4.69) is 15.1 Å². The summed E-state index contributed by atoms with van der Waals surface area (Å²) < 4.78 is 91.4. The molecule has 0 saturated heterocycles. The molecule has 0 spiro atoms. The number of rotatable bonds is 13. The van der Waals surface area contributed by atoms with E-state index in [4.69, 9.17) is 45.5 Å². The van der Waals surface area contributed by atoms with Crippen LogP contribution in [0.5, 0.6) is 5.75 Å². The van der Waals surface area contributed by atoms with Gasteiger partial charge in [-0.3, -0.25) is 9.32 Å². The van der Waals surface area contributed by atoms with Crippen molar-refractivity contribution in [1.82, 2.24) is 19.6 Å². The third kappa shape index (κ3) is 7.55. The lowest BCUT2D eigenvalue weighted by molar-refractivity contribution is -0.149. The van der Waals surface area contributed by atoms with Crippen LogP contribution in [0.4, 0.5) is 5.82 Å². The Morgan fingerprint density at radius 1 is 1.20 bits per heavy atom. The van der Waals surface area contributed by atoms with E-state index < -0.39 is 45.6 Å². The predicted octanol–water partition coefficient (Wildman–Crippen LogP) is 5.88. The van der Waals surface area contributed by atoms with Crippen LogP contribution in [-0.4, -0.2) is 45.3 Å². The lowest BCUT2D eigenvalue weighted by atomic mass is 10.2. The Hall–Kier alpha value is -3.21. The fourth-order valence-corrected chi connectivity index (χ4v) is 5.93. The molecule has 2 aromatic carbocycles. The normalized spacial score (nSPS) is 18.1. The molecule has 0 unspecified atom stereocenters. The van der Waals surface area contributed by atoms with Gasteiger partial charge in [-0.15, -0.1) is 0 Å². The molecule has 220 valence electrons. The van der Waals surface area contributed by atoms with Gasteiger partial charge in [0, 0.05) is 25.2 Å². The quantitative estimate of drug-likeness (QED) is 0.139. The third-order valence-electron chi connectivity index (χ3n) is 5.83. The molecular formula is C28H35ClN5O6P. The lowest BCUT2D eigenvalue weighted by Crippen LogP contribution is -2.37. The van der Waals surface area contributed by atoms with E-state index in [1.807, 2.05) is 25.1 Å². The fourth-order valence-electron chi connectivity index (χ4n) is 4.12. The Bertz CT molecular complexity index is 1810. The summed E-state index contributed by atoms with van der Waals surface area (Å²) in [6.45, 7) is -2.02. The first kappa shape index (κ1) is 22.4. The van der Waals surface area contributed by atoms with Gasteiger partial charge in [0.25, 0.3) is 0 Å². The van der Waals surface area contributed by atoms with Gasteiger partial charge in [0.05, 0.1) is 31.1 Å². The van der Waals surface area contributed by atoms with E-state index in [9.17, 15) is 9.36 Å². The number of nitrogen functional groups attached to an aromatic ring is 1. The maximum atomic E-state index is 14.3. The highest BCUT2D eigenvalue weighted by atomic mass is 35.5. The standard InChI is InChI=1S/C28H35ClN5O6P/c1-6-37-16-24-32-25-26(22-9-7-8-10-23(22)31-27(25)30)34(24)15-18(4)39-41(36,33-19(5)28(35)38-17(2)3)40-21-13-11-20(29)12-14-21/h7-14,17-19H,6,15-16H2,1-5H3,(H2,30,31)(H,33,36)/t18-,19+,41+/m1/s1/i2D3,3D3,17D. The average molecular weight is 611 g/mol. The monoisotopic (exact) mass is 610 g/mol. The van der Waals surface area contributed by atoms with Crippen molar-refractivity contribution in [2.75, 3.05) is 12.3 Å². The molecule has 41 heavy (non-hydrogen) atoms. The second-order valence-electron chi connectivity index (χ2n) is 9.05. The molecule has 0 radical (unpaired) electrons. The molecule has 3 atom stereocenters. The minimum atomic E-state index is -4.58. The van der Waals surface area contributed by atoms with Gasteiger partial charge in [0.2, 0.25) is 0 Å². The van der Waals surface area contributed by atoms with Crippen molar-refractivity contribution in [3.8, 4) is 5.75 Å². The minimum absolute atomic E-state index is 0.0226. The number of nitrogens with zero attached hydrogens (tertiary/aromatic N) is 3. The van der Waals surface area contributed by atoms with Crippen LogP contribution in [0.25, 0.3) is 21.9 Å². The number of anilines is 1. The summed E-state index contributed by atoms with van der Waals surface area (Å²) in [6.07, 6.45) is -4.55. The number of fused-ring (bicyclic) bond motifs is 3. The number of para-hydroxylation sites is 1. The largest absolute Gasteiger partial charge is 0.462 e. The van der Waals surface area contributed by atoms with Crippen LogP contribution in [0.3, 0.4) is 0 Å². The Morgan fingerprint density at radius 2 is 1.93 bits per heavy atom. The molecule has 13 heteroatoms. The number of aromatic nitrogens is 3. The summed E-state index contributed by atoms with van der Waals surface area (Å²) >= 11 is 5.98. The maximum absolute atomic E-state index is 14.3. The van der Waals surface area contributed by atoms with Crippen molar-refractivity contribution in [3.05, 3.63) is 59.4 Å². The van der Waals surface area contributed by atoms with Crippen molar-refractivity contribution < 1.29 is 37.5 Å². The van der Waals surface area contributed by atoms with Gasteiger partial charge in [0.1, 0.15) is 29.7 Å². The van der Waals surface area contributed by atoms with Gasteiger partial charge in [-0.2, -0.15) is 5.09 Å². The van der Waals surface area contributed by atoms with E-state index in [0.29, 0.717) is 34.0 Å². The van der Waals surface area contributed by atoms with Gasteiger partial charge in [0.15, 0.2) is 5.82 Å². The highest BCUT2D eigenvalue weighted by Gasteiger charge is 2.35. The van der Waals surface area contributed by atoms with Gasteiger partial charge in [-0.1, -0.05) is 29.8 Å². The second-order valence-corrected chi connectivity index (χ2v) is 11.1. The van der Waals surface area contributed by atoms with Crippen LogP contribution in [-0.2, 0) is 36.5 Å². The summed E-state index contributed by atoms with van der Waals surface area (Å²) in [4.78, 5) is 22.1. The number of pyridine rings is 1. The number of hydrogen-bond donors (Lipinski definition) is 2. The second kappa shape index (κ2) is 13.2. The Morgan fingerprint density at radius 3 is 2.63 bits per heavy atom. The van der Waals surface area contributed by atoms with Gasteiger partial charge in [-0.25, -0.2) is 14.5 Å². The smallest absolute Gasteiger partial charge is 0.459 e. The number of nitrogens with two attached hydrogens (primary N) is 1. The van der Waals surface area contributed by atoms with Crippen molar-refractivity contribution in [1.29, 1.82) is 0 Å². The zero-order valence-electron chi connectivity index (χ0n) is 29.6. The maximum Gasteiger partial charge on any atom is 0.459 e. The molecule has 4 aromatic rings. The summed E-state index contributed by atoms with van der Waals surface area (Å²) in [5, 5.41) is 3.48. The third-order valence-corrected chi connectivity index (χ3v) is 7.87. The SMILES string of the molecule is [2H]C([2H])([2H])C([2H])(OC(=O)[C@H](C)N[P@@](=O)(Oc1ccc(Cl)cc1)O[C@H](C)Cn1c(COCC)nc2c(N)nc3ccccc3c21)C([2H])([2H])[2H]. The Labute approximate surface area is 253 Å². The van der Waals surface area contributed by atoms with Crippen LogP contribution in [0.2, 0.25) is 5.02 Å². The van der Waals surface area contributed by atoms with E-state index in [0.717, 1.165) is 12.3 Å². The molecule has 0 bridgehead atoms. The van der Waals surface area contributed by atoms with Crippen molar-refractivity contribution in [2.24, 2.45) is 0 Å². The van der Waals surface area contributed by atoms with Crippen molar-refractivity contribution >= 4 is 53.1 Å². The number of nitrogens with one attached hydrogen (secondary N) is 1. The number of imidazole rings is 1. The van der Waals surface area contributed by atoms with Crippen LogP contribution in [0.15, 0.2) is 48.5 Å². The predicted molar refractivity (Wildman–Crippen MR) is 159 cm³/mol. The highest BCUT2D eigenvalue weighted by molar-refractivity contribution is 7.52. The molecule has 0 aliphatic rings. The molecule has 0 aliphatic heterocycles.